The van der Waals surface area contributed by atoms with E-state index in [9.17, 15) is 4.79 Å². The van der Waals surface area contributed by atoms with Gasteiger partial charge in [-0.05, 0) is 49.1 Å². The summed E-state index contributed by atoms with van der Waals surface area (Å²) in [6.45, 7) is 2.56. The van der Waals surface area contributed by atoms with Crippen molar-refractivity contribution < 1.29 is 4.79 Å². The maximum atomic E-state index is 13.2. The Morgan fingerprint density at radius 1 is 1.17 bits per heavy atom. The van der Waals surface area contributed by atoms with E-state index in [0.717, 1.165) is 35.1 Å². The standard InChI is InChI=1S/C19H19BrN2O.ClH/c1-18(21,13-6-8-14(20)9-7-13)17(23)22-12-19(10-11-19)15-4-2-3-5-16(15)22;/h2-9H,10-12,21H2,1H3;1H. The van der Waals surface area contributed by atoms with Crippen molar-refractivity contribution >= 4 is 39.9 Å². The third kappa shape index (κ3) is 2.57. The Kier molecular flexibility index (Phi) is 4.27. The van der Waals surface area contributed by atoms with Gasteiger partial charge in [0.1, 0.15) is 5.54 Å². The Morgan fingerprint density at radius 2 is 1.79 bits per heavy atom. The van der Waals surface area contributed by atoms with Crippen LogP contribution in [0, 0.1) is 0 Å². The first-order valence-electron chi connectivity index (χ1n) is 7.90. The molecule has 3 nitrogen and oxygen atoms in total. The number of anilines is 1. The predicted octanol–water partition coefficient (Wildman–Crippen LogP) is 4.12. The number of amides is 1. The molecular weight excluding hydrogens is 388 g/mol. The maximum absolute atomic E-state index is 13.2. The third-order valence-electron chi connectivity index (χ3n) is 5.21. The molecule has 1 unspecified atom stereocenters. The summed E-state index contributed by atoms with van der Waals surface area (Å²) in [5.74, 6) is -0.0314. The Bertz CT molecular complexity index is 784. The molecule has 0 bridgehead atoms. The first-order chi connectivity index (χ1) is 10.9. The summed E-state index contributed by atoms with van der Waals surface area (Å²) in [6.07, 6.45) is 2.32. The largest absolute Gasteiger partial charge is 0.314 e. The van der Waals surface area contributed by atoms with Gasteiger partial charge in [0, 0.05) is 22.1 Å². The molecule has 1 atom stereocenters. The minimum absolute atomic E-state index is 0. The van der Waals surface area contributed by atoms with Crippen LogP contribution in [0.1, 0.15) is 30.9 Å². The van der Waals surface area contributed by atoms with Gasteiger partial charge in [0.2, 0.25) is 0 Å². The molecule has 2 aliphatic rings. The number of carbonyl (C=O) groups excluding carboxylic acids is 1. The lowest BCUT2D eigenvalue weighted by Gasteiger charge is -2.30. The normalized spacial score (nSPS) is 19.4. The van der Waals surface area contributed by atoms with E-state index in [1.807, 2.05) is 41.3 Å². The molecule has 1 fully saturated rings. The Morgan fingerprint density at radius 3 is 2.42 bits per heavy atom. The maximum Gasteiger partial charge on any atom is 0.251 e. The van der Waals surface area contributed by atoms with Crippen LogP contribution in [-0.4, -0.2) is 12.5 Å². The highest BCUT2D eigenvalue weighted by atomic mass is 79.9. The minimum atomic E-state index is -1.03. The second kappa shape index (κ2) is 5.87. The van der Waals surface area contributed by atoms with Crippen LogP contribution in [0.5, 0.6) is 0 Å². The highest BCUT2D eigenvalue weighted by Crippen LogP contribution is 2.56. The van der Waals surface area contributed by atoms with Gasteiger partial charge >= 0.3 is 0 Å². The summed E-state index contributed by atoms with van der Waals surface area (Å²) in [7, 11) is 0. The van der Waals surface area contributed by atoms with Crippen molar-refractivity contribution in [1.82, 2.24) is 0 Å². The van der Waals surface area contributed by atoms with Crippen molar-refractivity contribution in [3.63, 3.8) is 0 Å². The summed E-state index contributed by atoms with van der Waals surface area (Å²) in [5, 5.41) is 0. The SMILES string of the molecule is CC(N)(C(=O)N1CC2(CC2)c2ccccc21)c1ccc(Br)cc1.Cl. The molecule has 2 aromatic carbocycles. The van der Waals surface area contributed by atoms with Gasteiger partial charge in [-0.2, -0.15) is 0 Å². The van der Waals surface area contributed by atoms with Crippen LogP contribution in [0.3, 0.4) is 0 Å². The van der Waals surface area contributed by atoms with Crippen LogP contribution in [0.25, 0.3) is 0 Å². The second-order valence-corrected chi connectivity index (χ2v) is 7.81. The van der Waals surface area contributed by atoms with E-state index in [1.165, 1.54) is 5.56 Å². The van der Waals surface area contributed by atoms with Gasteiger partial charge in [-0.25, -0.2) is 0 Å². The fourth-order valence-electron chi connectivity index (χ4n) is 3.59. The van der Waals surface area contributed by atoms with Crippen molar-refractivity contribution in [3.8, 4) is 0 Å². The van der Waals surface area contributed by atoms with E-state index >= 15 is 0 Å². The quantitative estimate of drug-likeness (QED) is 0.814. The number of rotatable bonds is 2. The Hall–Kier alpha value is -1.36. The summed E-state index contributed by atoms with van der Waals surface area (Å²) in [5.41, 5.74) is 8.79. The average molecular weight is 408 g/mol. The zero-order valence-electron chi connectivity index (χ0n) is 13.5. The van der Waals surface area contributed by atoms with E-state index < -0.39 is 5.54 Å². The van der Waals surface area contributed by atoms with Crippen LogP contribution >= 0.6 is 28.3 Å². The van der Waals surface area contributed by atoms with Gasteiger partial charge in [-0.3, -0.25) is 4.79 Å². The number of benzene rings is 2. The number of para-hydroxylation sites is 1. The minimum Gasteiger partial charge on any atom is -0.314 e. The number of halogens is 2. The molecule has 4 rings (SSSR count). The molecular formula is C19H20BrClN2O. The number of fused-ring (bicyclic) bond motifs is 2. The highest BCUT2D eigenvalue weighted by molar-refractivity contribution is 9.10. The van der Waals surface area contributed by atoms with Gasteiger partial charge in [0.05, 0.1) is 0 Å². The van der Waals surface area contributed by atoms with Gasteiger partial charge in [0.15, 0.2) is 0 Å². The van der Waals surface area contributed by atoms with Crippen LogP contribution in [0.2, 0.25) is 0 Å². The molecule has 1 aliphatic carbocycles. The van der Waals surface area contributed by atoms with E-state index in [2.05, 4.69) is 28.1 Å². The molecule has 1 spiro atoms. The summed E-state index contributed by atoms with van der Waals surface area (Å²) in [4.78, 5) is 15.1. The third-order valence-corrected chi connectivity index (χ3v) is 5.74. The second-order valence-electron chi connectivity index (χ2n) is 6.90. The molecule has 1 heterocycles. The van der Waals surface area contributed by atoms with Crippen molar-refractivity contribution in [2.45, 2.75) is 30.7 Å². The van der Waals surface area contributed by atoms with E-state index in [4.69, 9.17) is 5.73 Å². The van der Waals surface area contributed by atoms with Crippen LogP contribution in [-0.2, 0) is 15.7 Å². The number of hydrogen-bond donors (Lipinski definition) is 1. The predicted molar refractivity (Wildman–Crippen MR) is 103 cm³/mol. The first-order valence-corrected chi connectivity index (χ1v) is 8.70. The molecule has 0 saturated heterocycles. The van der Waals surface area contributed by atoms with Crippen LogP contribution in [0.4, 0.5) is 5.69 Å². The van der Waals surface area contributed by atoms with Gasteiger partial charge in [0.25, 0.3) is 5.91 Å². The molecule has 1 aliphatic heterocycles. The molecule has 1 saturated carbocycles. The van der Waals surface area contributed by atoms with Crippen LogP contribution < -0.4 is 10.6 Å². The fraction of sp³-hybridized carbons (Fsp3) is 0.316. The number of hydrogen-bond acceptors (Lipinski definition) is 2. The lowest BCUT2D eigenvalue weighted by Crippen LogP contribution is -2.51. The Balaban J connectivity index is 0.00000169. The molecule has 126 valence electrons. The van der Waals surface area contributed by atoms with Crippen molar-refractivity contribution in [2.24, 2.45) is 5.73 Å². The lowest BCUT2D eigenvalue weighted by atomic mass is 9.91. The molecule has 5 heteroatoms. The van der Waals surface area contributed by atoms with E-state index in [0.29, 0.717) is 0 Å². The molecule has 0 aromatic heterocycles. The molecule has 2 aromatic rings. The molecule has 24 heavy (non-hydrogen) atoms. The van der Waals surface area contributed by atoms with Crippen molar-refractivity contribution in [3.05, 3.63) is 64.1 Å². The van der Waals surface area contributed by atoms with E-state index in [-0.39, 0.29) is 23.7 Å². The van der Waals surface area contributed by atoms with E-state index in [1.54, 1.807) is 6.92 Å². The zero-order valence-corrected chi connectivity index (χ0v) is 15.9. The number of carbonyl (C=O) groups is 1. The van der Waals surface area contributed by atoms with Gasteiger partial charge in [-0.15, -0.1) is 12.4 Å². The summed E-state index contributed by atoms with van der Waals surface area (Å²) in [6, 6.07) is 15.9. The fourth-order valence-corrected chi connectivity index (χ4v) is 3.85. The Labute approximate surface area is 156 Å². The summed E-state index contributed by atoms with van der Waals surface area (Å²) >= 11 is 3.42. The molecule has 1 amide bonds. The van der Waals surface area contributed by atoms with Crippen molar-refractivity contribution in [1.29, 1.82) is 0 Å². The zero-order chi connectivity index (χ0) is 16.2. The average Bonchev–Trinajstić information content (AvgIpc) is 3.25. The molecule has 2 N–H and O–H groups in total. The van der Waals surface area contributed by atoms with Gasteiger partial charge in [-0.1, -0.05) is 46.3 Å². The van der Waals surface area contributed by atoms with Crippen molar-refractivity contribution in [2.75, 3.05) is 11.4 Å². The summed E-state index contributed by atoms with van der Waals surface area (Å²) < 4.78 is 0.980. The van der Waals surface area contributed by atoms with Crippen LogP contribution in [0.15, 0.2) is 53.0 Å². The number of nitrogens with zero attached hydrogens (tertiary/aromatic N) is 1. The molecule has 0 radical (unpaired) electrons. The first kappa shape index (κ1) is 17.5. The lowest BCUT2D eigenvalue weighted by molar-refractivity contribution is -0.123. The smallest absolute Gasteiger partial charge is 0.251 e. The van der Waals surface area contributed by atoms with Gasteiger partial charge < -0.3 is 10.6 Å². The highest BCUT2D eigenvalue weighted by Gasteiger charge is 2.54. The topological polar surface area (TPSA) is 46.3 Å². The number of nitrogens with two attached hydrogens (primary N) is 1. The monoisotopic (exact) mass is 406 g/mol.